The van der Waals surface area contributed by atoms with E-state index in [4.69, 9.17) is 0 Å². The lowest BCUT2D eigenvalue weighted by molar-refractivity contribution is -0.136. The van der Waals surface area contributed by atoms with Crippen molar-refractivity contribution in [3.8, 4) is 0 Å². The van der Waals surface area contributed by atoms with E-state index in [0.29, 0.717) is 19.6 Å². The SMILES string of the molecule is CN(C)C(=O)CCC(=O)N1CCN(Cc2ccccc2)C[C@@H](O)C1. The molecule has 1 aromatic carbocycles. The molecule has 0 bridgehead atoms. The van der Waals surface area contributed by atoms with Crippen molar-refractivity contribution < 1.29 is 14.7 Å². The Bertz CT molecular complexity index is 548. The number of β-amino-alcohol motifs (C(OH)–C–C–N with tert-alkyl or cyclic N) is 1. The van der Waals surface area contributed by atoms with Crippen molar-refractivity contribution >= 4 is 11.8 Å². The van der Waals surface area contributed by atoms with E-state index < -0.39 is 6.10 Å². The standard InChI is InChI=1S/C18H27N3O3/c1-19(2)17(23)8-9-18(24)21-11-10-20(13-16(22)14-21)12-15-6-4-3-5-7-15/h3-7,16,22H,8-14H2,1-2H3/t16-/m1/s1. The zero-order chi connectivity index (χ0) is 17.5. The minimum atomic E-state index is -0.565. The molecule has 1 aliphatic rings. The Labute approximate surface area is 143 Å². The molecule has 132 valence electrons. The molecule has 1 aliphatic heterocycles. The Morgan fingerprint density at radius 3 is 2.50 bits per heavy atom. The first kappa shape index (κ1) is 18.4. The first-order chi connectivity index (χ1) is 11.5. The largest absolute Gasteiger partial charge is 0.390 e. The summed E-state index contributed by atoms with van der Waals surface area (Å²) in [6.45, 7) is 2.95. The second-order valence-corrected chi connectivity index (χ2v) is 6.50. The molecule has 1 fully saturated rings. The van der Waals surface area contributed by atoms with Crippen molar-refractivity contribution in [3.05, 3.63) is 35.9 Å². The van der Waals surface area contributed by atoms with Crippen LogP contribution in [0.1, 0.15) is 18.4 Å². The number of hydrogen-bond donors (Lipinski definition) is 1. The second-order valence-electron chi connectivity index (χ2n) is 6.50. The first-order valence-corrected chi connectivity index (χ1v) is 8.38. The van der Waals surface area contributed by atoms with Crippen LogP contribution in [0.5, 0.6) is 0 Å². The van der Waals surface area contributed by atoms with Gasteiger partial charge in [-0.15, -0.1) is 0 Å². The molecule has 1 aromatic rings. The molecule has 1 atom stereocenters. The first-order valence-electron chi connectivity index (χ1n) is 8.38. The second kappa shape index (κ2) is 8.80. The average Bonchev–Trinajstić information content (AvgIpc) is 2.74. The lowest BCUT2D eigenvalue weighted by Crippen LogP contribution is -2.38. The zero-order valence-electron chi connectivity index (χ0n) is 14.5. The molecule has 6 nitrogen and oxygen atoms in total. The quantitative estimate of drug-likeness (QED) is 0.855. The molecule has 0 spiro atoms. The summed E-state index contributed by atoms with van der Waals surface area (Å²) in [6.07, 6.45) is -0.154. The van der Waals surface area contributed by atoms with Gasteiger partial charge in [-0.2, -0.15) is 0 Å². The van der Waals surface area contributed by atoms with E-state index in [1.54, 1.807) is 19.0 Å². The number of aliphatic hydroxyl groups is 1. The summed E-state index contributed by atoms with van der Waals surface area (Å²) in [5.41, 5.74) is 1.20. The number of hydrogen-bond acceptors (Lipinski definition) is 4. The molecule has 0 unspecified atom stereocenters. The molecule has 0 aromatic heterocycles. The van der Waals surface area contributed by atoms with Gasteiger partial charge in [-0.05, 0) is 5.56 Å². The Kier molecular flexibility index (Phi) is 6.75. The predicted molar refractivity (Wildman–Crippen MR) is 92.2 cm³/mol. The number of benzene rings is 1. The van der Waals surface area contributed by atoms with Gasteiger partial charge in [-0.3, -0.25) is 14.5 Å². The van der Waals surface area contributed by atoms with Gasteiger partial charge in [0.15, 0.2) is 0 Å². The minimum absolute atomic E-state index is 0.0515. The highest BCUT2D eigenvalue weighted by atomic mass is 16.3. The van der Waals surface area contributed by atoms with Crippen molar-refractivity contribution in [3.63, 3.8) is 0 Å². The number of carbonyl (C=O) groups excluding carboxylic acids is 2. The Balaban J connectivity index is 1.86. The smallest absolute Gasteiger partial charge is 0.223 e. The van der Waals surface area contributed by atoms with Gasteiger partial charge in [0.1, 0.15) is 0 Å². The van der Waals surface area contributed by atoms with Gasteiger partial charge in [-0.1, -0.05) is 30.3 Å². The fraction of sp³-hybridized carbons (Fsp3) is 0.556. The molecule has 24 heavy (non-hydrogen) atoms. The number of aliphatic hydroxyl groups excluding tert-OH is 1. The third kappa shape index (κ3) is 5.62. The molecule has 0 radical (unpaired) electrons. The van der Waals surface area contributed by atoms with Crippen molar-refractivity contribution in [1.82, 2.24) is 14.7 Å². The molecular weight excluding hydrogens is 306 g/mol. The summed E-state index contributed by atoms with van der Waals surface area (Å²) in [4.78, 5) is 29.3. The lowest BCUT2D eigenvalue weighted by atomic mass is 10.2. The fourth-order valence-corrected chi connectivity index (χ4v) is 2.86. The van der Waals surface area contributed by atoms with E-state index in [9.17, 15) is 14.7 Å². The summed E-state index contributed by atoms with van der Waals surface area (Å²) in [5, 5.41) is 10.2. The van der Waals surface area contributed by atoms with Crippen molar-refractivity contribution in [2.45, 2.75) is 25.5 Å². The minimum Gasteiger partial charge on any atom is -0.390 e. The molecule has 0 saturated carbocycles. The van der Waals surface area contributed by atoms with Gasteiger partial charge in [0, 0.05) is 59.7 Å². The van der Waals surface area contributed by atoms with Crippen LogP contribution in [-0.4, -0.2) is 78.0 Å². The maximum Gasteiger partial charge on any atom is 0.223 e. The van der Waals surface area contributed by atoms with Crippen molar-refractivity contribution in [2.24, 2.45) is 0 Å². The van der Waals surface area contributed by atoms with Crippen LogP contribution >= 0.6 is 0 Å². The van der Waals surface area contributed by atoms with Crippen LogP contribution in [0.4, 0.5) is 0 Å². The average molecular weight is 333 g/mol. The maximum absolute atomic E-state index is 12.3. The van der Waals surface area contributed by atoms with Crippen LogP contribution in [0, 0.1) is 0 Å². The third-order valence-corrected chi connectivity index (χ3v) is 4.24. The number of rotatable bonds is 5. The van der Waals surface area contributed by atoms with Gasteiger partial charge in [-0.25, -0.2) is 0 Å². The Morgan fingerprint density at radius 2 is 1.83 bits per heavy atom. The maximum atomic E-state index is 12.3. The van der Waals surface area contributed by atoms with Gasteiger partial charge in [0.25, 0.3) is 0 Å². The molecule has 2 amide bonds. The molecule has 6 heteroatoms. The highest BCUT2D eigenvalue weighted by Gasteiger charge is 2.24. The molecule has 1 N–H and O–H groups in total. The topological polar surface area (TPSA) is 64.1 Å². The summed E-state index contributed by atoms with van der Waals surface area (Å²) in [5.74, 6) is -0.116. The monoisotopic (exact) mass is 333 g/mol. The Hall–Kier alpha value is -1.92. The van der Waals surface area contributed by atoms with E-state index in [2.05, 4.69) is 17.0 Å². The number of nitrogens with zero attached hydrogens (tertiary/aromatic N) is 3. The summed E-state index contributed by atoms with van der Waals surface area (Å²) < 4.78 is 0. The van der Waals surface area contributed by atoms with Gasteiger partial charge >= 0.3 is 0 Å². The molecule has 2 rings (SSSR count). The highest BCUT2D eigenvalue weighted by Crippen LogP contribution is 2.11. The van der Waals surface area contributed by atoms with Crippen LogP contribution in [0.3, 0.4) is 0 Å². The Morgan fingerprint density at radius 1 is 1.12 bits per heavy atom. The van der Waals surface area contributed by atoms with Gasteiger partial charge < -0.3 is 14.9 Å². The molecular formula is C18H27N3O3. The fourth-order valence-electron chi connectivity index (χ4n) is 2.86. The summed E-state index contributed by atoms with van der Waals surface area (Å²) in [7, 11) is 3.37. The van der Waals surface area contributed by atoms with Crippen LogP contribution in [0.15, 0.2) is 30.3 Å². The van der Waals surface area contributed by atoms with Crippen LogP contribution < -0.4 is 0 Å². The van der Waals surface area contributed by atoms with Crippen molar-refractivity contribution in [1.29, 1.82) is 0 Å². The zero-order valence-corrected chi connectivity index (χ0v) is 14.5. The van der Waals surface area contributed by atoms with E-state index in [0.717, 1.165) is 13.1 Å². The third-order valence-electron chi connectivity index (χ3n) is 4.24. The normalized spacial score (nSPS) is 19.0. The molecule has 1 saturated heterocycles. The van der Waals surface area contributed by atoms with E-state index in [-0.39, 0.29) is 24.7 Å². The molecule has 1 heterocycles. The van der Waals surface area contributed by atoms with E-state index >= 15 is 0 Å². The van der Waals surface area contributed by atoms with Crippen LogP contribution in [-0.2, 0) is 16.1 Å². The van der Waals surface area contributed by atoms with Crippen LogP contribution in [0.25, 0.3) is 0 Å². The highest BCUT2D eigenvalue weighted by molar-refractivity contribution is 5.83. The molecule has 0 aliphatic carbocycles. The van der Waals surface area contributed by atoms with Gasteiger partial charge in [0.05, 0.1) is 6.10 Å². The van der Waals surface area contributed by atoms with E-state index in [1.807, 2.05) is 18.2 Å². The number of amides is 2. The predicted octanol–water partition coefficient (Wildman–Crippen LogP) is 0.560. The number of carbonyl (C=O) groups is 2. The van der Waals surface area contributed by atoms with E-state index in [1.165, 1.54) is 10.5 Å². The van der Waals surface area contributed by atoms with Gasteiger partial charge in [0.2, 0.25) is 11.8 Å². The summed E-state index contributed by atoms with van der Waals surface area (Å²) >= 11 is 0. The summed E-state index contributed by atoms with van der Waals surface area (Å²) in [6, 6.07) is 10.1. The van der Waals surface area contributed by atoms with Crippen LogP contribution in [0.2, 0.25) is 0 Å². The van der Waals surface area contributed by atoms with Crippen molar-refractivity contribution in [2.75, 3.05) is 40.3 Å². The lowest BCUT2D eigenvalue weighted by Gasteiger charge is -2.22.